The molecule has 2 fully saturated rings. The molecule has 1 aromatic heterocycles. The Morgan fingerprint density at radius 2 is 2.04 bits per heavy atom. The third kappa shape index (κ3) is 2.62. The van der Waals surface area contributed by atoms with Crippen molar-refractivity contribution in [3.05, 3.63) is 46.6 Å². The summed E-state index contributed by atoms with van der Waals surface area (Å²) in [5, 5.41) is 13.8. The average Bonchev–Trinajstić information content (AvgIpc) is 3.43. The molecule has 7 nitrogen and oxygen atoms in total. The standard InChI is InChI=1S/C19H21N5O2/c1-22-18(26)24(15-7-3-2-4-8-15)16(21-22)14-6-5-11-23(12-14)17(25)19(13-20)9-10-19/h2-4,7-8,14H,5-6,9-12H2,1H3. The predicted molar refractivity (Wildman–Crippen MR) is 94.6 cm³/mol. The van der Waals surface area contributed by atoms with Gasteiger partial charge in [0.15, 0.2) is 0 Å². The molecular weight excluding hydrogens is 330 g/mol. The molecule has 0 radical (unpaired) electrons. The number of hydrogen-bond donors (Lipinski definition) is 0. The number of piperidine rings is 1. The van der Waals surface area contributed by atoms with Crippen molar-refractivity contribution < 1.29 is 4.79 Å². The first-order valence-electron chi connectivity index (χ1n) is 8.98. The van der Waals surface area contributed by atoms with Gasteiger partial charge in [0.1, 0.15) is 11.2 Å². The zero-order valence-electron chi connectivity index (χ0n) is 14.8. The molecule has 2 aliphatic rings. The van der Waals surface area contributed by atoms with Crippen LogP contribution < -0.4 is 5.69 Å². The fourth-order valence-corrected chi connectivity index (χ4v) is 3.74. The molecule has 1 atom stereocenters. The minimum atomic E-state index is -0.800. The SMILES string of the molecule is Cn1nc(C2CCCN(C(=O)C3(C#N)CC3)C2)n(-c2ccccc2)c1=O. The maximum atomic E-state index is 12.7. The molecule has 1 amide bonds. The number of aryl methyl sites for hydroxylation is 1. The van der Waals surface area contributed by atoms with E-state index in [1.54, 1.807) is 16.5 Å². The van der Waals surface area contributed by atoms with E-state index in [9.17, 15) is 14.9 Å². The average molecular weight is 351 g/mol. The fraction of sp³-hybridized carbons (Fsp3) is 0.474. The first-order valence-corrected chi connectivity index (χ1v) is 8.98. The fourth-order valence-electron chi connectivity index (χ4n) is 3.74. The molecule has 0 spiro atoms. The summed E-state index contributed by atoms with van der Waals surface area (Å²) in [4.78, 5) is 27.1. The lowest BCUT2D eigenvalue weighted by molar-refractivity contribution is -0.136. The molecule has 7 heteroatoms. The zero-order valence-corrected chi connectivity index (χ0v) is 14.8. The number of carbonyl (C=O) groups is 1. The molecule has 1 saturated carbocycles. The van der Waals surface area contributed by atoms with Crippen molar-refractivity contribution in [2.24, 2.45) is 12.5 Å². The highest BCUT2D eigenvalue weighted by molar-refractivity contribution is 5.88. The van der Waals surface area contributed by atoms with E-state index >= 15 is 0 Å². The summed E-state index contributed by atoms with van der Waals surface area (Å²) in [6, 6.07) is 11.6. The zero-order chi connectivity index (χ0) is 18.3. The summed E-state index contributed by atoms with van der Waals surface area (Å²) in [5.74, 6) is 0.605. The Hall–Kier alpha value is -2.88. The molecule has 2 aromatic rings. The van der Waals surface area contributed by atoms with Crippen LogP contribution in [0.1, 0.15) is 37.4 Å². The molecule has 1 unspecified atom stereocenters. The van der Waals surface area contributed by atoms with Crippen LogP contribution in [0.2, 0.25) is 0 Å². The maximum absolute atomic E-state index is 12.7. The molecule has 1 aliphatic heterocycles. The smallest absolute Gasteiger partial charge is 0.341 e. The highest BCUT2D eigenvalue weighted by Gasteiger charge is 2.53. The number of nitrogens with zero attached hydrogens (tertiary/aromatic N) is 5. The van der Waals surface area contributed by atoms with Crippen LogP contribution in [0.5, 0.6) is 0 Å². The van der Waals surface area contributed by atoms with E-state index in [-0.39, 0.29) is 17.5 Å². The highest BCUT2D eigenvalue weighted by atomic mass is 16.2. The highest BCUT2D eigenvalue weighted by Crippen LogP contribution is 2.47. The molecule has 134 valence electrons. The molecule has 26 heavy (non-hydrogen) atoms. The minimum Gasteiger partial charge on any atom is -0.341 e. The Balaban J connectivity index is 1.66. The summed E-state index contributed by atoms with van der Waals surface area (Å²) in [5.41, 5.74) is -0.212. The Kier molecular flexibility index (Phi) is 3.91. The van der Waals surface area contributed by atoms with Crippen LogP contribution >= 0.6 is 0 Å². The number of carbonyl (C=O) groups excluding carboxylic acids is 1. The van der Waals surface area contributed by atoms with Gasteiger partial charge in [-0.2, -0.15) is 10.4 Å². The lowest BCUT2D eigenvalue weighted by Gasteiger charge is -2.33. The van der Waals surface area contributed by atoms with Gasteiger partial charge in [-0.05, 0) is 37.8 Å². The Morgan fingerprint density at radius 1 is 1.31 bits per heavy atom. The summed E-state index contributed by atoms with van der Waals surface area (Å²) in [6.07, 6.45) is 3.02. The molecule has 4 rings (SSSR count). The quantitative estimate of drug-likeness (QED) is 0.840. The molecule has 0 N–H and O–H groups in total. The van der Waals surface area contributed by atoms with Crippen LogP contribution in [0, 0.1) is 16.7 Å². The lowest BCUT2D eigenvalue weighted by atomic mass is 9.95. The van der Waals surface area contributed by atoms with Gasteiger partial charge in [0.2, 0.25) is 5.91 Å². The molecule has 1 saturated heterocycles. The van der Waals surface area contributed by atoms with Gasteiger partial charge < -0.3 is 4.90 Å². The molecule has 1 aliphatic carbocycles. The molecule has 1 aromatic carbocycles. The third-order valence-electron chi connectivity index (χ3n) is 5.41. The van der Waals surface area contributed by atoms with Gasteiger partial charge in [-0.3, -0.25) is 4.79 Å². The van der Waals surface area contributed by atoms with E-state index in [1.807, 2.05) is 30.3 Å². The Morgan fingerprint density at radius 3 is 2.69 bits per heavy atom. The van der Waals surface area contributed by atoms with Gasteiger partial charge in [0.25, 0.3) is 0 Å². The van der Waals surface area contributed by atoms with Crippen LogP contribution in [0.15, 0.2) is 35.1 Å². The Labute approximate surface area is 151 Å². The van der Waals surface area contributed by atoms with E-state index in [2.05, 4.69) is 11.2 Å². The van der Waals surface area contributed by atoms with Crippen molar-refractivity contribution in [3.63, 3.8) is 0 Å². The third-order valence-corrected chi connectivity index (χ3v) is 5.41. The normalized spacial score (nSPS) is 21.2. The van der Waals surface area contributed by atoms with E-state index < -0.39 is 5.41 Å². The van der Waals surface area contributed by atoms with Crippen molar-refractivity contribution in [3.8, 4) is 11.8 Å². The van der Waals surface area contributed by atoms with Crippen molar-refractivity contribution in [2.75, 3.05) is 13.1 Å². The van der Waals surface area contributed by atoms with E-state index in [0.717, 1.165) is 18.5 Å². The summed E-state index contributed by atoms with van der Waals surface area (Å²) in [7, 11) is 1.64. The summed E-state index contributed by atoms with van der Waals surface area (Å²) >= 11 is 0. The van der Waals surface area contributed by atoms with Crippen LogP contribution in [0.3, 0.4) is 0 Å². The van der Waals surface area contributed by atoms with Crippen LogP contribution in [0.25, 0.3) is 5.69 Å². The van der Waals surface area contributed by atoms with Crippen molar-refractivity contribution >= 4 is 5.91 Å². The number of nitriles is 1. The van der Waals surface area contributed by atoms with E-state index in [0.29, 0.717) is 31.8 Å². The van der Waals surface area contributed by atoms with Gasteiger partial charge in [-0.15, -0.1) is 0 Å². The van der Waals surface area contributed by atoms with E-state index in [4.69, 9.17) is 0 Å². The Bertz CT molecular complexity index is 933. The van der Waals surface area contributed by atoms with Crippen LogP contribution in [-0.4, -0.2) is 38.2 Å². The predicted octanol–water partition coefficient (Wildman–Crippen LogP) is 1.58. The number of amides is 1. The second-order valence-corrected chi connectivity index (χ2v) is 7.22. The van der Waals surface area contributed by atoms with Crippen molar-refractivity contribution in [1.29, 1.82) is 5.26 Å². The van der Waals surface area contributed by atoms with Gasteiger partial charge in [0.05, 0.1) is 11.8 Å². The minimum absolute atomic E-state index is 0.0173. The first-order chi connectivity index (χ1) is 12.6. The van der Waals surface area contributed by atoms with Crippen LogP contribution in [0.4, 0.5) is 0 Å². The number of likely N-dealkylation sites (tertiary alicyclic amines) is 1. The number of para-hydroxylation sites is 1. The topological polar surface area (TPSA) is 83.9 Å². The first kappa shape index (κ1) is 16.6. The lowest BCUT2D eigenvalue weighted by Crippen LogP contribution is -2.43. The molecular formula is C19H21N5O2. The van der Waals surface area contributed by atoms with E-state index in [1.165, 1.54) is 4.68 Å². The number of aromatic nitrogens is 3. The maximum Gasteiger partial charge on any atom is 0.350 e. The number of hydrogen-bond acceptors (Lipinski definition) is 4. The number of rotatable bonds is 3. The van der Waals surface area contributed by atoms with Crippen LogP contribution in [-0.2, 0) is 11.8 Å². The molecule has 0 bridgehead atoms. The van der Waals surface area contributed by atoms with Crippen molar-refractivity contribution in [1.82, 2.24) is 19.2 Å². The second-order valence-electron chi connectivity index (χ2n) is 7.22. The van der Waals surface area contributed by atoms with Gasteiger partial charge in [0, 0.05) is 26.1 Å². The second kappa shape index (κ2) is 6.13. The monoisotopic (exact) mass is 351 g/mol. The largest absolute Gasteiger partial charge is 0.350 e. The summed E-state index contributed by atoms with van der Waals surface area (Å²) < 4.78 is 2.98. The van der Waals surface area contributed by atoms with Crippen molar-refractivity contribution in [2.45, 2.75) is 31.6 Å². The summed E-state index contributed by atoms with van der Waals surface area (Å²) in [6.45, 7) is 1.17. The molecule has 2 heterocycles. The van der Waals surface area contributed by atoms with Gasteiger partial charge in [-0.1, -0.05) is 18.2 Å². The van der Waals surface area contributed by atoms with Gasteiger partial charge >= 0.3 is 5.69 Å². The van der Waals surface area contributed by atoms with Gasteiger partial charge in [-0.25, -0.2) is 14.0 Å². The number of benzene rings is 1.